The summed E-state index contributed by atoms with van der Waals surface area (Å²) in [5, 5.41) is 29.4. The normalized spacial score (nSPS) is 22.5. The number of nitrogens with zero attached hydrogens (tertiary/aromatic N) is 4. The second-order valence-electron chi connectivity index (χ2n) is 7.72. The number of aliphatic hydroxyl groups excluding tert-OH is 1. The Kier molecular flexibility index (Phi) is 6.55. The van der Waals surface area contributed by atoms with Crippen molar-refractivity contribution in [2.24, 2.45) is 0 Å². The number of imidazole rings is 1. The van der Waals surface area contributed by atoms with Crippen LogP contribution in [-0.2, 0) is 25.5 Å². The largest absolute Gasteiger partial charge is 0.479 e. The minimum absolute atomic E-state index is 0.00823. The third-order valence-electron chi connectivity index (χ3n) is 5.57. The van der Waals surface area contributed by atoms with Crippen LogP contribution in [0.2, 0.25) is 5.28 Å². The molecule has 1 saturated heterocycles. The lowest BCUT2D eigenvalue weighted by molar-refractivity contribution is -0.190. The highest BCUT2D eigenvalue weighted by molar-refractivity contribution is 6.28. The zero-order chi connectivity index (χ0) is 25.5. The molecule has 15 heteroatoms. The average Bonchev–Trinajstić information content (AvgIpc) is 3.33. The zero-order valence-electron chi connectivity index (χ0n) is 17.6. The minimum atomic E-state index is -2.94. The maximum absolute atomic E-state index is 15.0. The number of ether oxygens (including phenoxy) is 2. The molecule has 12 nitrogen and oxygen atoms in total. The molecule has 3 aromatic rings. The van der Waals surface area contributed by atoms with Crippen molar-refractivity contribution in [1.29, 1.82) is 0 Å². The Morgan fingerprint density at radius 2 is 1.94 bits per heavy atom. The van der Waals surface area contributed by atoms with Gasteiger partial charge in [-0.15, -0.1) is 0 Å². The van der Waals surface area contributed by atoms with Gasteiger partial charge in [-0.05, 0) is 23.2 Å². The molecule has 5 N–H and O–H groups in total. The summed E-state index contributed by atoms with van der Waals surface area (Å²) in [4.78, 5) is 35.5. The van der Waals surface area contributed by atoms with Crippen LogP contribution in [0, 0.1) is 5.82 Å². The number of hydrogen-bond acceptors (Lipinski definition) is 9. The Morgan fingerprint density at radius 3 is 2.60 bits per heavy atom. The molecule has 186 valence electrons. The van der Waals surface area contributed by atoms with Crippen LogP contribution in [0.1, 0.15) is 11.8 Å². The number of nitrogen functional groups attached to an aromatic ring is 1. The van der Waals surface area contributed by atoms with E-state index in [1.807, 2.05) is 0 Å². The van der Waals surface area contributed by atoms with E-state index in [-0.39, 0.29) is 27.8 Å². The molecule has 0 radical (unpaired) electrons. The van der Waals surface area contributed by atoms with Crippen molar-refractivity contribution in [3.8, 4) is 0 Å². The Balaban J connectivity index is 1.58. The molecule has 0 saturated carbocycles. The molecular formula is C20H18ClF2N5O7. The number of aliphatic hydroxyl groups is 1. The van der Waals surface area contributed by atoms with E-state index in [0.29, 0.717) is 0 Å². The summed E-state index contributed by atoms with van der Waals surface area (Å²) in [5.41, 5.74) is 2.67. The lowest BCUT2D eigenvalue weighted by Gasteiger charge is -2.27. The molecule has 1 aliphatic heterocycles. The monoisotopic (exact) mass is 513 g/mol. The van der Waals surface area contributed by atoms with Gasteiger partial charge in [-0.1, -0.05) is 18.2 Å². The number of alkyl halides is 1. The van der Waals surface area contributed by atoms with Gasteiger partial charge in [0, 0.05) is 6.42 Å². The smallest absolute Gasteiger partial charge is 0.348 e. The third-order valence-corrected chi connectivity index (χ3v) is 5.74. The fourth-order valence-electron chi connectivity index (χ4n) is 3.71. The number of halogens is 3. The highest BCUT2D eigenvalue weighted by atomic mass is 35.5. The molecule has 0 bridgehead atoms. The second kappa shape index (κ2) is 9.30. The number of carbonyl (C=O) groups is 2. The zero-order valence-corrected chi connectivity index (χ0v) is 18.3. The Labute approximate surface area is 199 Å². The van der Waals surface area contributed by atoms with Crippen molar-refractivity contribution in [1.82, 2.24) is 19.5 Å². The number of carboxylic acid groups (broad SMARTS) is 2. The fraction of sp³-hybridized carbons (Fsp3) is 0.350. The molecule has 0 amide bonds. The number of rotatable bonds is 8. The molecule has 35 heavy (non-hydrogen) atoms. The van der Waals surface area contributed by atoms with Crippen molar-refractivity contribution in [3.05, 3.63) is 47.3 Å². The number of nitrogens with two attached hydrogens (primary N) is 1. The van der Waals surface area contributed by atoms with Crippen molar-refractivity contribution >= 4 is 40.5 Å². The van der Waals surface area contributed by atoms with Gasteiger partial charge in [0.05, 0.1) is 12.9 Å². The molecule has 2 aromatic heterocycles. The first-order valence-corrected chi connectivity index (χ1v) is 10.4. The molecule has 1 aromatic carbocycles. The molecule has 4 atom stereocenters. The predicted molar refractivity (Wildman–Crippen MR) is 114 cm³/mol. The van der Waals surface area contributed by atoms with E-state index in [9.17, 15) is 33.7 Å². The lowest BCUT2D eigenvalue weighted by atomic mass is 9.93. The van der Waals surface area contributed by atoms with E-state index in [1.54, 1.807) is 0 Å². The maximum atomic E-state index is 15.0. The molecule has 0 spiro atoms. The molecule has 1 unspecified atom stereocenters. The molecular weight excluding hydrogens is 496 g/mol. The molecule has 1 fully saturated rings. The van der Waals surface area contributed by atoms with E-state index in [1.165, 1.54) is 18.2 Å². The van der Waals surface area contributed by atoms with Crippen LogP contribution in [0.25, 0.3) is 11.2 Å². The summed E-state index contributed by atoms with van der Waals surface area (Å²) in [6.07, 6.45) is -6.68. The van der Waals surface area contributed by atoms with E-state index < -0.39 is 61.0 Å². The number of hydrogen-bond donors (Lipinski definition) is 4. The van der Waals surface area contributed by atoms with Crippen molar-refractivity contribution < 1.29 is 43.2 Å². The quantitative estimate of drug-likeness (QED) is 0.248. The van der Waals surface area contributed by atoms with Crippen LogP contribution in [0.3, 0.4) is 0 Å². The number of aliphatic carboxylic acids is 2. The molecule has 0 aliphatic carbocycles. The number of fused-ring (bicyclic) bond motifs is 1. The van der Waals surface area contributed by atoms with Gasteiger partial charge in [0.1, 0.15) is 23.5 Å². The second-order valence-corrected chi connectivity index (χ2v) is 8.06. The highest BCUT2D eigenvalue weighted by Crippen LogP contribution is 2.35. The predicted octanol–water partition coefficient (Wildman–Crippen LogP) is 0.965. The first-order valence-electron chi connectivity index (χ1n) is 10.0. The Morgan fingerprint density at radius 1 is 1.26 bits per heavy atom. The van der Waals surface area contributed by atoms with Crippen molar-refractivity contribution in [2.75, 3.05) is 12.3 Å². The summed E-state index contributed by atoms with van der Waals surface area (Å²) in [6, 6.07) is 4.98. The van der Waals surface area contributed by atoms with Crippen LogP contribution >= 0.6 is 11.6 Å². The van der Waals surface area contributed by atoms with E-state index >= 15 is 0 Å². The van der Waals surface area contributed by atoms with Crippen LogP contribution in [0.4, 0.5) is 14.6 Å². The SMILES string of the molecule is Nc1nc(Cl)nc2c1ncn2C1O[C@H](COC(Cc2ccccc2F)(C(=O)O)C(=O)O)[C@@H](O)[C@@H]1F. The summed E-state index contributed by atoms with van der Waals surface area (Å²) < 4.78 is 40.9. The minimum Gasteiger partial charge on any atom is -0.479 e. The van der Waals surface area contributed by atoms with E-state index in [0.717, 1.165) is 17.0 Å². The first kappa shape index (κ1) is 24.7. The van der Waals surface area contributed by atoms with Gasteiger partial charge >= 0.3 is 11.9 Å². The maximum Gasteiger partial charge on any atom is 0.348 e. The van der Waals surface area contributed by atoms with Gasteiger partial charge in [0.2, 0.25) is 5.28 Å². The van der Waals surface area contributed by atoms with Gasteiger partial charge in [-0.2, -0.15) is 9.97 Å². The van der Waals surface area contributed by atoms with Crippen LogP contribution in [-0.4, -0.2) is 77.4 Å². The number of carboxylic acids is 2. The van der Waals surface area contributed by atoms with Crippen molar-refractivity contribution in [2.45, 2.75) is 36.6 Å². The van der Waals surface area contributed by atoms with Gasteiger partial charge < -0.3 is 30.5 Å². The Hall–Kier alpha value is -3.46. The van der Waals surface area contributed by atoms with Gasteiger partial charge in [-0.25, -0.2) is 23.4 Å². The summed E-state index contributed by atoms with van der Waals surface area (Å²) in [5.74, 6) is -4.75. The van der Waals surface area contributed by atoms with Gasteiger partial charge in [0.15, 0.2) is 23.9 Å². The van der Waals surface area contributed by atoms with Gasteiger partial charge in [0.25, 0.3) is 5.60 Å². The highest BCUT2D eigenvalue weighted by Gasteiger charge is 2.52. The third kappa shape index (κ3) is 4.36. The standard InChI is InChI=1S/C20H18ClF2N5O7/c21-19-26-14(24)12-15(27-19)28(7-25-12)16-11(23)13(29)10(35-16)6-34-20(17(30)31,18(32)33)5-8-3-1-2-4-9(8)22/h1-4,7,10-11,13,16,29H,5-6H2,(H,30,31)(H,32,33)(H2,24,26,27)/t10-,11+,13-,16?/m1/s1. The lowest BCUT2D eigenvalue weighted by Crippen LogP contribution is -2.53. The summed E-state index contributed by atoms with van der Waals surface area (Å²) in [6.45, 7) is -0.852. The van der Waals surface area contributed by atoms with Crippen LogP contribution in [0.15, 0.2) is 30.6 Å². The molecule has 3 heterocycles. The number of anilines is 1. The summed E-state index contributed by atoms with van der Waals surface area (Å²) in [7, 11) is 0. The Bertz CT molecular complexity index is 1280. The van der Waals surface area contributed by atoms with Crippen molar-refractivity contribution in [3.63, 3.8) is 0 Å². The first-order chi connectivity index (χ1) is 16.5. The van der Waals surface area contributed by atoms with E-state index in [4.69, 9.17) is 26.8 Å². The fourth-order valence-corrected chi connectivity index (χ4v) is 3.88. The van der Waals surface area contributed by atoms with Gasteiger partial charge in [-0.3, -0.25) is 4.57 Å². The molecule has 1 aliphatic rings. The average molecular weight is 514 g/mol. The number of benzene rings is 1. The van der Waals surface area contributed by atoms with E-state index in [2.05, 4.69) is 15.0 Å². The van der Waals surface area contributed by atoms with Crippen LogP contribution in [0.5, 0.6) is 0 Å². The molecule has 4 rings (SSSR count). The summed E-state index contributed by atoms with van der Waals surface area (Å²) >= 11 is 5.80. The topological polar surface area (TPSA) is 183 Å². The van der Waals surface area contributed by atoms with Crippen LogP contribution < -0.4 is 5.73 Å². The number of aromatic nitrogens is 4.